The number of rotatable bonds is 4. The molecule has 116 valence electrons. The van der Waals surface area contributed by atoms with Gasteiger partial charge in [0, 0.05) is 5.02 Å². The number of carbonyl (C=O) groups is 2. The molecular formula is C16H21ClO4. The van der Waals surface area contributed by atoms with Crippen LogP contribution >= 0.6 is 11.6 Å². The van der Waals surface area contributed by atoms with Crippen molar-refractivity contribution in [2.75, 3.05) is 7.11 Å². The van der Waals surface area contributed by atoms with E-state index in [4.69, 9.17) is 16.3 Å². The van der Waals surface area contributed by atoms with Crippen molar-refractivity contribution in [1.29, 1.82) is 0 Å². The van der Waals surface area contributed by atoms with Gasteiger partial charge in [-0.25, -0.2) is 4.79 Å². The lowest BCUT2D eigenvalue weighted by molar-refractivity contribution is -0.144. The lowest BCUT2D eigenvalue weighted by Gasteiger charge is -2.19. The Bertz CT molecular complexity index is 532. The second-order valence-corrected chi connectivity index (χ2v) is 6.34. The smallest absolute Gasteiger partial charge is 0.338 e. The zero-order valence-electron chi connectivity index (χ0n) is 13.0. The molecule has 5 heteroatoms. The molecule has 0 amide bonds. The van der Waals surface area contributed by atoms with Crippen molar-refractivity contribution in [3.05, 3.63) is 34.3 Å². The lowest BCUT2D eigenvalue weighted by atomic mass is 10.00. The molecule has 1 atom stereocenters. The molecule has 4 nitrogen and oxygen atoms in total. The lowest BCUT2D eigenvalue weighted by Crippen LogP contribution is -2.24. The molecular weight excluding hydrogens is 292 g/mol. The predicted molar refractivity (Wildman–Crippen MR) is 81.5 cm³/mol. The minimum Gasteiger partial charge on any atom is -0.469 e. The Morgan fingerprint density at radius 1 is 1.29 bits per heavy atom. The molecule has 0 saturated carbocycles. The molecule has 0 aromatic heterocycles. The molecule has 0 unspecified atom stereocenters. The molecule has 1 aromatic carbocycles. The summed E-state index contributed by atoms with van der Waals surface area (Å²) >= 11 is 6.18. The van der Waals surface area contributed by atoms with Gasteiger partial charge in [0.25, 0.3) is 0 Å². The van der Waals surface area contributed by atoms with E-state index in [1.54, 1.807) is 45.9 Å². The van der Waals surface area contributed by atoms with Gasteiger partial charge in [0.2, 0.25) is 0 Å². The first-order valence-corrected chi connectivity index (χ1v) is 7.11. The van der Waals surface area contributed by atoms with E-state index in [-0.39, 0.29) is 11.9 Å². The van der Waals surface area contributed by atoms with Gasteiger partial charge >= 0.3 is 11.9 Å². The van der Waals surface area contributed by atoms with Gasteiger partial charge in [-0.05, 0) is 44.9 Å². The molecule has 0 radical (unpaired) electrons. The summed E-state index contributed by atoms with van der Waals surface area (Å²) in [5, 5.41) is 0.439. The summed E-state index contributed by atoms with van der Waals surface area (Å²) in [5.74, 6) is -1.00. The SMILES string of the molecule is COC(=O)[C@@H](C)Cc1ccc(C(=O)OC(C)(C)C)cc1Cl. The van der Waals surface area contributed by atoms with E-state index < -0.39 is 11.6 Å². The summed E-state index contributed by atoms with van der Waals surface area (Å²) in [5.41, 5.74) is 0.632. The Morgan fingerprint density at radius 3 is 2.38 bits per heavy atom. The Hall–Kier alpha value is -1.55. The monoisotopic (exact) mass is 312 g/mol. The molecule has 1 rings (SSSR count). The number of hydrogen-bond acceptors (Lipinski definition) is 4. The van der Waals surface area contributed by atoms with E-state index >= 15 is 0 Å². The van der Waals surface area contributed by atoms with E-state index in [1.165, 1.54) is 7.11 Å². The standard InChI is InChI=1S/C16H21ClO4/c1-10(14(18)20-5)8-11-6-7-12(9-13(11)17)15(19)21-16(2,3)4/h6-7,9-10H,8H2,1-5H3/t10-/m0/s1. The fourth-order valence-electron chi connectivity index (χ4n) is 1.79. The zero-order valence-corrected chi connectivity index (χ0v) is 13.8. The van der Waals surface area contributed by atoms with Gasteiger partial charge in [0.1, 0.15) is 5.60 Å². The zero-order chi connectivity index (χ0) is 16.2. The molecule has 0 N–H and O–H groups in total. The van der Waals surface area contributed by atoms with E-state index in [0.717, 1.165) is 5.56 Å². The van der Waals surface area contributed by atoms with Crippen LogP contribution in [0.2, 0.25) is 5.02 Å². The highest BCUT2D eigenvalue weighted by molar-refractivity contribution is 6.31. The molecule has 0 saturated heterocycles. The maximum absolute atomic E-state index is 11.9. The number of methoxy groups -OCH3 is 1. The predicted octanol–water partition coefficient (Wildman–Crippen LogP) is 3.65. The Kier molecular flexibility index (Phi) is 5.78. The molecule has 0 bridgehead atoms. The summed E-state index contributed by atoms with van der Waals surface area (Å²) in [6.45, 7) is 7.18. The average molecular weight is 313 g/mol. The van der Waals surface area contributed by atoms with Crippen molar-refractivity contribution < 1.29 is 19.1 Å². The van der Waals surface area contributed by atoms with Crippen molar-refractivity contribution in [3.63, 3.8) is 0 Å². The van der Waals surface area contributed by atoms with Crippen LogP contribution in [0, 0.1) is 5.92 Å². The van der Waals surface area contributed by atoms with Gasteiger partial charge in [0.15, 0.2) is 0 Å². The van der Waals surface area contributed by atoms with Crippen molar-refractivity contribution in [2.45, 2.75) is 39.7 Å². The van der Waals surface area contributed by atoms with Crippen molar-refractivity contribution in [3.8, 4) is 0 Å². The van der Waals surface area contributed by atoms with Crippen LogP contribution in [0.1, 0.15) is 43.6 Å². The fourth-order valence-corrected chi connectivity index (χ4v) is 2.05. The highest BCUT2D eigenvalue weighted by Crippen LogP contribution is 2.23. The minimum absolute atomic E-state index is 0.290. The highest BCUT2D eigenvalue weighted by atomic mass is 35.5. The summed E-state index contributed by atoms with van der Waals surface area (Å²) in [6, 6.07) is 4.95. The number of carbonyl (C=O) groups excluding carboxylic acids is 2. The first-order valence-electron chi connectivity index (χ1n) is 6.73. The number of halogens is 1. The first-order chi connectivity index (χ1) is 9.64. The van der Waals surface area contributed by atoms with Crippen LogP contribution in [0.4, 0.5) is 0 Å². The Balaban J connectivity index is 2.86. The molecule has 0 aliphatic heterocycles. The van der Waals surface area contributed by atoms with Crippen LogP contribution in [-0.4, -0.2) is 24.6 Å². The number of hydrogen-bond donors (Lipinski definition) is 0. The number of ether oxygens (including phenoxy) is 2. The molecule has 0 fully saturated rings. The van der Waals surface area contributed by atoms with Gasteiger partial charge in [-0.15, -0.1) is 0 Å². The molecule has 0 heterocycles. The van der Waals surface area contributed by atoms with Crippen LogP contribution in [-0.2, 0) is 20.7 Å². The fraction of sp³-hybridized carbons (Fsp3) is 0.500. The van der Waals surface area contributed by atoms with E-state index in [1.807, 2.05) is 0 Å². The molecule has 0 spiro atoms. The first kappa shape index (κ1) is 17.5. The highest BCUT2D eigenvalue weighted by Gasteiger charge is 2.20. The summed E-state index contributed by atoms with van der Waals surface area (Å²) in [7, 11) is 1.35. The van der Waals surface area contributed by atoms with Crippen LogP contribution in [0.3, 0.4) is 0 Å². The maximum Gasteiger partial charge on any atom is 0.338 e. The third kappa shape index (κ3) is 5.38. The Labute approximate surface area is 130 Å². The van der Waals surface area contributed by atoms with Gasteiger partial charge in [-0.1, -0.05) is 24.6 Å². The van der Waals surface area contributed by atoms with Crippen molar-refractivity contribution in [1.82, 2.24) is 0 Å². The minimum atomic E-state index is -0.554. The van der Waals surface area contributed by atoms with Crippen LogP contribution in [0.25, 0.3) is 0 Å². The van der Waals surface area contributed by atoms with Crippen molar-refractivity contribution >= 4 is 23.5 Å². The quantitative estimate of drug-likeness (QED) is 0.796. The summed E-state index contributed by atoms with van der Waals surface area (Å²) in [4.78, 5) is 23.4. The van der Waals surface area contributed by atoms with Crippen molar-refractivity contribution in [2.24, 2.45) is 5.92 Å². The normalized spacial score (nSPS) is 12.7. The molecule has 1 aromatic rings. The average Bonchev–Trinajstić information content (AvgIpc) is 2.37. The second kappa shape index (κ2) is 6.94. The van der Waals surface area contributed by atoms with E-state index in [9.17, 15) is 9.59 Å². The Morgan fingerprint density at radius 2 is 1.90 bits per heavy atom. The van der Waals surface area contributed by atoms with Crippen LogP contribution in [0.5, 0.6) is 0 Å². The summed E-state index contributed by atoms with van der Waals surface area (Å²) < 4.78 is 9.97. The number of esters is 2. The van der Waals surface area contributed by atoms with Gasteiger partial charge in [-0.3, -0.25) is 4.79 Å². The van der Waals surface area contributed by atoms with Gasteiger partial charge < -0.3 is 9.47 Å². The molecule has 21 heavy (non-hydrogen) atoms. The van der Waals surface area contributed by atoms with Crippen LogP contribution in [0.15, 0.2) is 18.2 Å². The van der Waals surface area contributed by atoms with E-state index in [0.29, 0.717) is 17.0 Å². The maximum atomic E-state index is 11.9. The molecule has 0 aliphatic rings. The number of benzene rings is 1. The van der Waals surface area contributed by atoms with E-state index in [2.05, 4.69) is 4.74 Å². The van der Waals surface area contributed by atoms with Crippen LogP contribution < -0.4 is 0 Å². The molecule has 0 aliphatic carbocycles. The largest absolute Gasteiger partial charge is 0.469 e. The van der Waals surface area contributed by atoms with Gasteiger partial charge in [-0.2, -0.15) is 0 Å². The third-order valence-electron chi connectivity index (χ3n) is 2.82. The topological polar surface area (TPSA) is 52.6 Å². The third-order valence-corrected chi connectivity index (χ3v) is 3.17. The van der Waals surface area contributed by atoms with Gasteiger partial charge in [0.05, 0.1) is 18.6 Å². The second-order valence-electron chi connectivity index (χ2n) is 5.94. The summed E-state index contributed by atoms with van der Waals surface area (Å²) in [6.07, 6.45) is 0.458.